The first kappa shape index (κ1) is 15.5. The Hall–Kier alpha value is -1.85. The maximum absolute atomic E-state index is 11.9. The molecule has 0 fully saturated rings. The number of hydrogen-bond donors (Lipinski definition) is 3. The van der Waals surface area contributed by atoms with E-state index in [-0.39, 0.29) is 5.56 Å². The van der Waals surface area contributed by atoms with Crippen molar-refractivity contribution in [2.24, 2.45) is 0 Å². The number of anilines is 1. The van der Waals surface area contributed by atoms with E-state index < -0.39 is 0 Å². The van der Waals surface area contributed by atoms with Crippen LogP contribution in [0.1, 0.15) is 16.8 Å². The second-order valence-corrected chi connectivity index (χ2v) is 5.60. The highest BCUT2D eigenvalue weighted by atomic mass is 35.5. The molecule has 1 aromatic heterocycles. The van der Waals surface area contributed by atoms with Crippen LogP contribution < -0.4 is 16.2 Å². The Bertz CT molecular complexity index is 710. The molecular weight excluding hydrogens is 306 g/mol. The second-order valence-electron chi connectivity index (χ2n) is 4.76. The van der Waals surface area contributed by atoms with E-state index in [2.05, 4.69) is 15.6 Å². The molecule has 4 nitrogen and oxygen atoms in total. The van der Waals surface area contributed by atoms with Crippen LogP contribution in [0.3, 0.4) is 0 Å². The van der Waals surface area contributed by atoms with E-state index in [1.54, 1.807) is 12.1 Å². The Kier molecular flexibility index (Phi) is 4.98. The normalized spacial score (nSPS) is 10.2. The lowest BCUT2D eigenvalue weighted by molar-refractivity contribution is 0.884. The van der Waals surface area contributed by atoms with Crippen LogP contribution >= 0.6 is 23.8 Å². The van der Waals surface area contributed by atoms with Gasteiger partial charge in [0.2, 0.25) is 0 Å². The number of aryl methyl sites for hydroxylation is 2. The molecule has 0 atom stereocenters. The first-order valence-corrected chi connectivity index (χ1v) is 7.24. The lowest BCUT2D eigenvalue weighted by Gasteiger charge is -2.12. The quantitative estimate of drug-likeness (QED) is 0.760. The molecule has 0 spiro atoms. The van der Waals surface area contributed by atoms with Gasteiger partial charge in [0.05, 0.1) is 0 Å². The molecule has 110 valence electrons. The molecule has 0 saturated heterocycles. The molecule has 0 aliphatic rings. The summed E-state index contributed by atoms with van der Waals surface area (Å²) in [5.41, 5.74) is 3.22. The number of aromatic amines is 1. The molecule has 2 rings (SSSR count). The SMILES string of the molecule is Cc1cc(C)c(CNC(=S)Nc2ccc(Cl)cc2)c(=O)[nH]1. The summed E-state index contributed by atoms with van der Waals surface area (Å²) >= 11 is 11.0. The summed E-state index contributed by atoms with van der Waals surface area (Å²) in [7, 11) is 0. The summed E-state index contributed by atoms with van der Waals surface area (Å²) in [6, 6.07) is 9.16. The van der Waals surface area contributed by atoms with Crippen LogP contribution in [0.25, 0.3) is 0 Å². The number of pyridine rings is 1. The van der Waals surface area contributed by atoms with Crippen molar-refractivity contribution in [1.29, 1.82) is 0 Å². The maximum Gasteiger partial charge on any atom is 0.253 e. The van der Waals surface area contributed by atoms with Crippen LogP contribution in [0.5, 0.6) is 0 Å². The Morgan fingerprint density at radius 3 is 2.57 bits per heavy atom. The molecule has 21 heavy (non-hydrogen) atoms. The van der Waals surface area contributed by atoms with Gasteiger partial charge >= 0.3 is 0 Å². The van der Waals surface area contributed by atoms with Crippen LogP contribution in [0, 0.1) is 13.8 Å². The minimum absolute atomic E-state index is 0.0886. The third-order valence-corrected chi connectivity index (χ3v) is 3.52. The molecule has 0 saturated carbocycles. The topological polar surface area (TPSA) is 56.9 Å². The zero-order chi connectivity index (χ0) is 15.4. The lowest BCUT2D eigenvalue weighted by Crippen LogP contribution is -2.31. The van der Waals surface area contributed by atoms with E-state index in [0.717, 1.165) is 16.9 Å². The maximum atomic E-state index is 11.9. The molecule has 0 radical (unpaired) electrons. The smallest absolute Gasteiger partial charge is 0.253 e. The number of hydrogen-bond acceptors (Lipinski definition) is 2. The van der Waals surface area contributed by atoms with Crippen molar-refractivity contribution in [2.45, 2.75) is 20.4 Å². The molecule has 2 aromatic rings. The van der Waals surface area contributed by atoms with E-state index in [1.807, 2.05) is 32.0 Å². The van der Waals surface area contributed by atoms with Gasteiger partial charge in [0.15, 0.2) is 5.11 Å². The van der Waals surface area contributed by atoms with Gasteiger partial charge in [0, 0.05) is 28.5 Å². The van der Waals surface area contributed by atoms with Crippen molar-refractivity contribution in [3.63, 3.8) is 0 Å². The molecule has 0 bridgehead atoms. The summed E-state index contributed by atoms with van der Waals surface area (Å²) < 4.78 is 0. The average molecular weight is 322 g/mol. The Balaban J connectivity index is 1.98. The molecule has 0 aliphatic heterocycles. The van der Waals surface area contributed by atoms with Crippen molar-refractivity contribution < 1.29 is 0 Å². The van der Waals surface area contributed by atoms with E-state index in [4.69, 9.17) is 23.8 Å². The first-order chi connectivity index (χ1) is 9.95. The van der Waals surface area contributed by atoms with Crippen LogP contribution in [-0.2, 0) is 6.54 Å². The van der Waals surface area contributed by atoms with Gasteiger partial charge in [-0.1, -0.05) is 11.6 Å². The van der Waals surface area contributed by atoms with Gasteiger partial charge in [-0.25, -0.2) is 0 Å². The summed E-state index contributed by atoms with van der Waals surface area (Å²) in [6.07, 6.45) is 0. The van der Waals surface area contributed by atoms with Gasteiger partial charge in [-0.05, 0) is 62.0 Å². The summed E-state index contributed by atoms with van der Waals surface area (Å²) in [5.74, 6) is 0. The fourth-order valence-corrected chi connectivity index (χ4v) is 2.29. The molecule has 6 heteroatoms. The van der Waals surface area contributed by atoms with Crippen LogP contribution in [-0.4, -0.2) is 10.1 Å². The minimum atomic E-state index is -0.0886. The number of aromatic nitrogens is 1. The van der Waals surface area contributed by atoms with Gasteiger partial charge in [-0.2, -0.15) is 0 Å². The predicted octanol–water partition coefficient (Wildman–Crippen LogP) is 3.13. The summed E-state index contributed by atoms with van der Waals surface area (Å²) in [5, 5.41) is 7.19. The zero-order valence-corrected chi connectivity index (χ0v) is 13.4. The monoisotopic (exact) mass is 321 g/mol. The molecule has 0 aliphatic carbocycles. The lowest BCUT2D eigenvalue weighted by atomic mass is 10.1. The van der Waals surface area contributed by atoms with Gasteiger partial charge < -0.3 is 15.6 Å². The molecule has 1 heterocycles. The zero-order valence-electron chi connectivity index (χ0n) is 11.8. The largest absolute Gasteiger partial charge is 0.358 e. The van der Waals surface area contributed by atoms with Crippen molar-refractivity contribution in [2.75, 3.05) is 5.32 Å². The number of halogens is 1. The standard InChI is InChI=1S/C15H16ClN3OS/c1-9-7-10(2)18-14(20)13(9)8-17-15(21)19-12-5-3-11(16)4-6-12/h3-7H,8H2,1-2H3,(H,18,20)(H2,17,19,21). The molecule has 3 N–H and O–H groups in total. The fraction of sp³-hybridized carbons (Fsp3) is 0.200. The third kappa shape index (κ3) is 4.31. The van der Waals surface area contributed by atoms with Gasteiger partial charge in [0.25, 0.3) is 5.56 Å². The second kappa shape index (κ2) is 6.74. The van der Waals surface area contributed by atoms with E-state index in [1.165, 1.54) is 0 Å². The van der Waals surface area contributed by atoms with Crippen molar-refractivity contribution >= 4 is 34.6 Å². The highest BCUT2D eigenvalue weighted by molar-refractivity contribution is 7.80. The Morgan fingerprint density at radius 1 is 1.29 bits per heavy atom. The van der Waals surface area contributed by atoms with E-state index in [0.29, 0.717) is 22.2 Å². The molecular formula is C15H16ClN3OS. The molecule has 1 aromatic carbocycles. The average Bonchev–Trinajstić information content (AvgIpc) is 2.40. The third-order valence-electron chi connectivity index (χ3n) is 3.02. The van der Waals surface area contributed by atoms with Crippen molar-refractivity contribution in [1.82, 2.24) is 10.3 Å². The number of benzene rings is 1. The number of thiocarbonyl (C=S) groups is 1. The van der Waals surface area contributed by atoms with Gasteiger partial charge in [-0.3, -0.25) is 4.79 Å². The summed E-state index contributed by atoms with van der Waals surface area (Å²) in [4.78, 5) is 14.7. The minimum Gasteiger partial charge on any atom is -0.358 e. The van der Waals surface area contributed by atoms with Crippen LogP contribution in [0.4, 0.5) is 5.69 Å². The Labute approximate surface area is 133 Å². The fourth-order valence-electron chi connectivity index (χ4n) is 1.98. The van der Waals surface area contributed by atoms with E-state index >= 15 is 0 Å². The number of nitrogens with one attached hydrogen (secondary N) is 3. The molecule has 0 unspecified atom stereocenters. The molecule has 0 amide bonds. The highest BCUT2D eigenvalue weighted by Crippen LogP contribution is 2.13. The van der Waals surface area contributed by atoms with E-state index in [9.17, 15) is 4.79 Å². The van der Waals surface area contributed by atoms with Gasteiger partial charge in [0.1, 0.15) is 0 Å². The highest BCUT2D eigenvalue weighted by Gasteiger charge is 2.06. The van der Waals surface area contributed by atoms with Crippen LogP contribution in [0.15, 0.2) is 35.1 Å². The number of rotatable bonds is 3. The van der Waals surface area contributed by atoms with Gasteiger partial charge in [-0.15, -0.1) is 0 Å². The van der Waals surface area contributed by atoms with Crippen LogP contribution in [0.2, 0.25) is 5.02 Å². The van der Waals surface area contributed by atoms with Crippen molar-refractivity contribution in [3.05, 3.63) is 62.5 Å². The first-order valence-electron chi connectivity index (χ1n) is 6.45. The number of H-pyrrole nitrogens is 1. The summed E-state index contributed by atoms with van der Waals surface area (Å²) in [6.45, 7) is 4.15. The predicted molar refractivity (Wildman–Crippen MR) is 91.0 cm³/mol. The Morgan fingerprint density at radius 2 is 1.95 bits per heavy atom. The van der Waals surface area contributed by atoms with Crippen molar-refractivity contribution in [3.8, 4) is 0 Å².